The van der Waals surface area contributed by atoms with E-state index in [1.807, 2.05) is 30.1 Å². The van der Waals surface area contributed by atoms with Crippen LogP contribution < -0.4 is 4.90 Å². The van der Waals surface area contributed by atoms with Crippen molar-refractivity contribution in [3.63, 3.8) is 0 Å². The number of halogens is 1. The summed E-state index contributed by atoms with van der Waals surface area (Å²) in [5.41, 5.74) is 1.12. The lowest BCUT2D eigenvalue weighted by atomic mass is 10.3. The van der Waals surface area contributed by atoms with Crippen molar-refractivity contribution in [2.45, 2.75) is 5.88 Å². The lowest BCUT2D eigenvalue weighted by molar-refractivity contribution is 0.944. The number of thioether (sulfide) groups is 1. The van der Waals surface area contributed by atoms with Crippen LogP contribution in [-0.4, -0.2) is 30.6 Å². The number of pyridine rings is 1. The molecule has 0 unspecified atom stereocenters. The van der Waals surface area contributed by atoms with Crippen molar-refractivity contribution in [1.82, 2.24) is 4.98 Å². The summed E-state index contributed by atoms with van der Waals surface area (Å²) >= 11 is 7.60. The molecule has 0 saturated heterocycles. The average Bonchev–Trinajstić information content (AvgIpc) is 2.26. The lowest BCUT2D eigenvalue weighted by Crippen LogP contribution is -2.21. The molecule has 1 rings (SSSR count). The highest BCUT2D eigenvalue weighted by atomic mass is 35.5. The van der Waals surface area contributed by atoms with Crippen LogP contribution in [0.15, 0.2) is 18.3 Å². The van der Waals surface area contributed by atoms with Crippen LogP contribution in [0.3, 0.4) is 0 Å². The SMILES string of the molecule is CSCCN(C)c1cc(CCl)ccn1. The van der Waals surface area contributed by atoms with Crippen LogP contribution >= 0.6 is 23.4 Å². The third-order valence-electron chi connectivity index (χ3n) is 1.99. The summed E-state index contributed by atoms with van der Waals surface area (Å²) in [6.07, 6.45) is 3.92. The molecule has 0 saturated carbocycles. The number of alkyl halides is 1. The molecular weight excluding hydrogens is 216 g/mol. The Morgan fingerprint density at radius 2 is 2.36 bits per heavy atom. The van der Waals surface area contributed by atoms with Crippen LogP contribution in [0.4, 0.5) is 5.82 Å². The molecule has 0 bridgehead atoms. The Kier molecular flexibility index (Phi) is 5.12. The summed E-state index contributed by atoms with van der Waals surface area (Å²) in [4.78, 5) is 6.44. The third kappa shape index (κ3) is 3.39. The molecule has 0 amide bonds. The Hall–Kier alpha value is -0.410. The van der Waals surface area contributed by atoms with Crippen molar-refractivity contribution < 1.29 is 0 Å². The van der Waals surface area contributed by atoms with Crippen molar-refractivity contribution in [1.29, 1.82) is 0 Å². The van der Waals surface area contributed by atoms with E-state index in [-0.39, 0.29) is 0 Å². The van der Waals surface area contributed by atoms with Gasteiger partial charge in [-0.1, -0.05) is 0 Å². The summed E-state index contributed by atoms with van der Waals surface area (Å²) in [5.74, 6) is 2.66. The number of hydrogen-bond donors (Lipinski definition) is 0. The summed E-state index contributed by atoms with van der Waals surface area (Å²) < 4.78 is 0. The number of nitrogens with zero attached hydrogens (tertiary/aromatic N) is 2. The molecule has 0 spiro atoms. The molecule has 0 atom stereocenters. The van der Waals surface area contributed by atoms with Crippen LogP contribution in [0.5, 0.6) is 0 Å². The third-order valence-corrected chi connectivity index (χ3v) is 2.89. The summed E-state index contributed by atoms with van der Waals surface area (Å²) in [5, 5.41) is 0. The highest BCUT2D eigenvalue weighted by molar-refractivity contribution is 7.98. The molecule has 0 aliphatic carbocycles. The van der Waals surface area contributed by atoms with E-state index in [9.17, 15) is 0 Å². The normalized spacial score (nSPS) is 10.2. The van der Waals surface area contributed by atoms with E-state index >= 15 is 0 Å². The number of aromatic nitrogens is 1. The van der Waals surface area contributed by atoms with Crippen LogP contribution in [0.25, 0.3) is 0 Å². The topological polar surface area (TPSA) is 16.1 Å². The van der Waals surface area contributed by atoms with E-state index < -0.39 is 0 Å². The standard InChI is InChI=1S/C10H15ClN2S/c1-13(5-6-14-2)10-7-9(8-11)3-4-12-10/h3-4,7H,5-6,8H2,1-2H3. The van der Waals surface area contributed by atoms with E-state index in [0.717, 1.165) is 23.7 Å². The predicted molar refractivity (Wildman–Crippen MR) is 65.4 cm³/mol. The van der Waals surface area contributed by atoms with Gasteiger partial charge in [-0.2, -0.15) is 11.8 Å². The molecule has 1 aromatic rings. The molecule has 2 nitrogen and oxygen atoms in total. The minimum atomic E-state index is 0.548. The van der Waals surface area contributed by atoms with Crippen LogP contribution in [0, 0.1) is 0 Å². The Morgan fingerprint density at radius 3 is 3.00 bits per heavy atom. The van der Waals surface area contributed by atoms with Crippen molar-refractivity contribution >= 4 is 29.2 Å². The second-order valence-corrected chi connectivity index (χ2v) is 4.32. The Balaban J connectivity index is 2.64. The maximum absolute atomic E-state index is 5.76. The van der Waals surface area contributed by atoms with Gasteiger partial charge in [-0.15, -0.1) is 11.6 Å². The van der Waals surface area contributed by atoms with Gasteiger partial charge in [0, 0.05) is 31.4 Å². The number of anilines is 1. The van der Waals surface area contributed by atoms with Gasteiger partial charge in [0.2, 0.25) is 0 Å². The van der Waals surface area contributed by atoms with E-state index in [0.29, 0.717) is 5.88 Å². The highest BCUT2D eigenvalue weighted by Gasteiger charge is 2.01. The fourth-order valence-electron chi connectivity index (χ4n) is 1.10. The summed E-state index contributed by atoms with van der Waals surface area (Å²) in [6, 6.07) is 3.98. The monoisotopic (exact) mass is 230 g/mol. The molecule has 1 aromatic heterocycles. The molecule has 0 fully saturated rings. The van der Waals surface area contributed by atoms with Gasteiger partial charge >= 0.3 is 0 Å². The molecule has 4 heteroatoms. The fraction of sp³-hybridized carbons (Fsp3) is 0.500. The molecule has 78 valence electrons. The first-order valence-electron chi connectivity index (χ1n) is 4.49. The smallest absolute Gasteiger partial charge is 0.128 e. The molecule has 0 N–H and O–H groups in total. The first-order chi connectivity index (χ1) is 6.77. The Bertz CT molecular complexity index is 281. The van der Waals surface area contributed by atoms with Gasteiger partial charge in [-0.25, -0.2) is 4.98 Å². The molecule has 1 heterocycles. The van der Waals surface area contributed by atoms with E-state index in [1.54, 1.807) is 0 Å². The average molecular weight is 231 g/mol. The van der Waals surface area contributed by atoms with Gasteiger partial charge in [0.05, 0.1) is 0 Å². The quantitative estimate of drug-likeness (QED) is 0.724. The van der Waals surface area contributed by atoms with Gasteiger partial charge in [0.15, 0.2) is 0 Å². The van der Waals surface area contributed by atoms with E-state index in [1.165, 1.54) is 0 Å². The van der Waals surface area contributed by atoms with Crippen LogP contribution in [-0.2, 0) is 5.88 Å². The first-order valence-corrected chi connectivity index (χ1v) is 6.41. The van der Waals surface area contributed by atoms with Gasteiger partial charge in [0.25, 0.3) is 0 Å². The zero-order valence-electron chi connectivity index (χ0n) is 8.53. The second kappa shape index (κ2) is 6.14. The van der Waals surface area contributed by atoms with Crippen molar-refractivity contribution in [3.05, 3.63) is 23.9 Å². The fourth-order valence-corrected chi connectivity index (χ4v) is 1.72. The van der Waals surface area contributed by atoms with E-state index in [4.69, 9.17) is 11.6 Å². The van der Waals surface area contributed by atoms with Crippen molar-refractivity contribution in [3.8, 4) is 0 Å². The number of hydrogen-bond acceptors (Lipinski definition) is 3. The highest BCUT2D eigenvalue weighted by Crippen LogP contribution is 2.12. The molecule has 0 radical (unpaired) electrons. The van der Waals surface area contributed by atoms with Crippen molar-refractivity contribution in [2.24, 2.45) is 0 Å². The maximum atomic E-state index is 5.76. The molecular formula is C10H15ClN2S. The molecule has 0 aromatic carbocycles. The predicted octanol–water partition coefficient (Wildman–Crippen LogP) is 2.62. The molecule has 14 heavy (non-hydrogen) atoms. The lowest BCUT2D eigenvalue weighted by Gasteiger charge is -2.17. The molecule has 0 aliphatic rings. The summed E-state index contributed by atoms with van der Waals surface area (Å²) in [7, 11) is 2.05. The minimum Gasteiger partial charge on any atom is -0.359 e. The van der Waals surface area contributed by atoms with Gasteiger partial charge in [-0.3, -0.25) is 0 Å². The second-order valence-electron chi connectivity index (χ2n) is 3.07. The largest absolute Gasteiger partial charge is 0.359 e. The zero-order chi connectivity index (χ0) is 10.4. The number of rotatable bonds is 5. The Morgan fingerprint density at radius 1 is 1.57 bits per heavy atom. The summed E-state index contributed by atoms with van der Waals surface area (Å²) in [6.45, 7) is 1.01. The van der Waals surface area contributed by atoms with Crippen LogP contribution in [0.1, 0.15) is 5.56 Å². The van der Waals surface area contributed by atoms with E-state index in [2.05, 4.69) is 23.2 Å². The zero-order valence-corrected chi connectivity index (χ0v) is 10.1. The first kappa shape index (κ1) is 11.7. The minimum absolute atomic E-state index is 0.548. The van der Waals surface area contributed by atoms with Gasteiger partial charge < -0.3 is 4.90 Å². The van der Waals surface area contributed by atoms with Crippen LogP contribution in [0.2, 0.25) is 0 Å². The van der Waals surface area contributed by atoms with Gasteiger partial charge in [-0.05, 0) is 24.0 Å². The molecule has 0 aliphatic heterocycles. The maximum Gasteiger partial charge on any atom is 0.128 e. The Labute approximate surface area is 94.7 Å². The van der Waals surface area contributed by atoms with Crippen molar-refractivity contribution in [2.75, 3.05) is 30.5 Å². The van der Waals surface area contributed by atoms with Gasteiger partial charge in [0.1, 0.15) is 5.82 Å².